The number of rotatable bonds is 7. The van der Waals surface area contributed by atoms with Crippen molar-refractivity contribution in [3.05, 3.63) is 35.4 Å². The van der Waals surface area contributed by atoms with Crippen LogP contribution in [-0.4, -0.2) is 24.5 Å². The van der Waals surface area contributed by atoms with Gasteiger partial charge < -0.3 is 10.6 Å². The molecule has 3 nitrogen and oxygen atoms in total. The van der Waals surface area contributed by atoms with Gasteiger partial charge in [0.2, 0.25) is 5.91 Å². The molecule has 106 valence electrons. The first-order valence-electron chi connectivity index (χ1n) is 7.08. The van der Waals surface area contributed by atoms with Gasteiger partial charge in [0.25, 0.3) is 0 Å². The van der Waals surface area contributed by atoms with Crippen LogP contribution in [0, 0.1) is 0 Å². The number of carbonyl (C=O) groups is 1. The fourth-order valence-corrected chi connectivity index (χ4v) is 1.96. The van der Waals surface area contributed by atoms with Crippen molar-refractivity contribution < 1.29 is 4.79 Å². The van der Waals surface area contributed by atoms with Crippen LogP contribution in [-0.2, 0) is 17.6 Å². The zero-order chi connectivity index (χ0) is 14.3. The Morgan fingerprint density at radius 3 is 2.42 bits per heavy atom. The van der Waals surface area contributed by atoms with E-state index in [1.54, 1.807) is 0 Å². The molecule has 0 aliphatic carbocycles. The number of benzene rings is 1. The normalized spacial score (nSPS) is 11.1. The summed E-state index contributed by atoms with van der Waals surface area (Å²) in [5.41, 5.74) is 2.36. The number of hydrogen-bond acceptors (Lipinski definition) is 2. The fraction of sp³-hybridized carbons (Fsp3) is 0.562. The highest BCUT2D eigenvalue weighted by atomic mass is 16.1. The summed E-state index contributed by atoms with van der Waals surface area (Å²) in [6.07, 6.45) is 1.46. The molecule has 2 N–H and O–H groups in total. The first kappa shape index (κ1) is 15.7. The third kappa shape index (κ3) is 6.97. The van der Waals surface area contributed by atoms with E-state index in [1.165, 1.54) is 5.56 Å². The molecule has 0 bridgehead atoms. The Bertz CT molecular complexity index is 399. The minimum Gasteiger partial charge on any atom is -0.354 e. The van der Waals surface area contributed by atoms with Crippen molar-refractivity contribution in [2.75, 3.05) is 6.54 Å². The minimum absolute atomic E-state index is 0.0902. The number of nitrogens with one attached hydrogen (secondary N) is 2. The summed E-state index contributed by atoms with van der Waals surface area (Å²) in [5, 5.41) is 6.32. The standard InChI is InChI=1S/C16H26N2O/c1-12(2)17-9-8-14-6-5-7-15(10-14)11-16(19)18-13(3)4/h5-7,10,12-13,17H,8-9,11H2,1-4H3,(H,18,19). The van der Waals surface area contributed by atoms with Gasteiger partial charge in [-0.25, -0.2) is 0 Å². The highest BCUT2D eigenvalue weighted by molar-refractivity contribution is 5.78. The van der Waals surface area contributed by atoms with Crippen LogP contribution in [0.25, 0.3) is 0 Å². The number of hydrogen-bond donors (Lipinski definition) is 2. The summed E-state index contributed by atoms with van der Waals surface area (Å²) in [5.74, 6) is 0.0902. The van der Waals surface area contributed by atoms with Crippen molar-refractivity contribution in [1.29, 1.82) is 0 Å². The van der Waals surface area contributed by atoms with Crippen molar-refractivity contribution in [3.63, 3.8) is 0 Å². The lowest BCUT2D eigenvalue weighted by Gasteiger charge is -2.10. The van der Waals surface area contributed by atoms with Crippen LogP contribution < -0.4 is 10.6 Å². The van der Waals surface area contributed by atoms with Gasteiger partial charge in [-0.05, 0) is 37.9 Å². The van der Waals surface area contributed by atoms with Crippen LogP contribution >= 0.6 is 0 Å². The van der Waals surface area contributed by atoms with Gasteiger partial charge in [-0.2, -0.15) is 0 Å². The van der Waals surface area contributed by atoms with E-state index in [-0.39, 0.29) is 11.9 Å². The maximum absolute atomic E-state index is 11.7. The summed E-state index contributed by atoms with van der Waals surface area (Å²) in [6.45, 7) is 9.22. The Morgan fingerprint density at radius 2 is 1.79 bits per heavy atom. The molecule has 0 aliphatic heterocycles. The quantitative estimate of drug-likeness (QED) is 0.791. The first-order chi connectivity index (χ1) is 8.97. The highest BCUT2D eigenvalue weighted by Gasteiger charge is 2.05. The molecule has 0 aliphatic rings. The predicted molar refractivity (Wildman–Crippen MR) is 80.3 cm³/mol. The molecule has 1 amide bonds. The van der Waals surface area contributed by atoms with Crippen LogP contribution in [0.1, 0.15) is 38.8 Å². The van der Waals surface area contributed by atoms with Crippen LogP contribution in [0.5, 0.6) is 0 Å². The second-order valence-corrected chi connectivity index (χ2v) is 5.58. The summed E-state index contributed by atoms with van der Waals surface area (Å²) in [6, 6.07) is 9.00. The molecule has 0 fully saturated rings. The highest BCUT2D eigenvalue weighted by Crippen LogP contribution is 2.07. The Balaban J connectivity index is 2.49. The van der Waals surface area contributed by atoms with Crippen molar-refractivity contribution in [2.24, 2.45) is 0 Å². The third-order valence-electron chi connectivity index (χ3n) is 2.77. The largest absolute Gasteiger partial charge is 0.354 e. The smallest absolute Gasteiger partial charge is 0.224 e. The lowest BCUT2D eigenvalue weighted by atomic mass is 10.1. The molecule has 0 spiro atoms. The third-order valence-corrected chi connectivity index (χ3v) is 2.77. The maximum Gasteiger partial charge on any atom is 0.224 e. The molecule has 0 heterocycles. The predicted octanol–water partition coefficient (Wildman–Crippen LogP) is 2.29. The zero-order valence-electron chi connectivity index (χ0n) is 12.5. The van der Waals surface area contributed by atoms with E-state index in [1.807, 2.05) is 26.0 Å². The lowest BCUT2D eigenvalue weighted by molar-refractivity contribution is -0.120. The second-order valence-electron chi connectivity index (χ2n) is 5.58. The van der Waals surface area contributed by atoms with E-state index in [9.17, 15) is 4.79 Å². The van der Waals surface area contributed by atoms with Crippen LogP contribution in [0.15, 0.2) is 24.3 Å². The first-order valence-corrected chi connectivity index (χ1v) is 7.08. The van der Waals surface area contributed by atoms with E-state index >= 15 is 0 Å². The van der Waals surface area contributed by atoms with Crippen molar-refractivity contribution in [2.45, 2.75) is 52.6 Å². The second kappa shape index (κ2) is 7.95. The molecular weight excluding hydrogens is 236 g/mol. The molecule has 1 rings (SSSR count). The molecule has 0 saturated carbocycles. The van der Waals surface area contributed by atoms with E-state index in [0.29, 0.717) is 12.5 Å². The average Bonchev–Trinajstić information content (AvgIpc) is 2.27. The van der Waals surface area contributed by atoms with E-state index in [4.69, 9.17) is 0 Å². The van der Waals surface area contributed by atoms with Crippen molar-refractivity contribution >= 4 is 5.91 Å². The molecule has 19 heavy (non-hydrogen) atoms. The van der Waals surface area contributed by atoms with Crippen molar-refractivity contribution in [3.8, 4) is 0 Å². The van der Waals surface area contributed by atoms with Gasteiger partial charge in [0.05, 0.1) is 6.42 Å². The Morgan fingerprint density at radius 1 is 1.11 bits per heavy atom. The number of carbonyl (C=O) groups excluding carboxylic acids is 1. The molecule has 0 saturated heterocycles. The van der Waals surface area contributed by atoms with Crippen LogP contribution in [0.3, 0.4) is 0 Å². The van der Waals surface area contributed by atoms with Gasteiger partial charge in [-0.3, -0.25) is 4.79 Å². The van der Waals surface area contributed by atoms with Gasteiger partial charge in [0.1, 0.15) is 0 Å². The maximum atomic E-state index is 11.7. The summed E-state index contributed by atoms with van der Waals surface area (Å²) >= 11 is 0. The Kier molecular flexibility index (Phi) is 6.57. The van der Waals surface area contributed by atoms with E-state index < -0.39 is 0 Å². The monoisotopic (exact) mass is 262 g/mol. The summed E-state index contributed by atoms with van der Waals surface area (Å²) < 4.78 is 0. The van der Waals surface area contributed by atoms with Gasteiger partial charge in [-0.1, -0.05) is 38.1 Å². The molecule has 0 atom stereocenters. The average molecular weight is 262 g/mol. The van der Waals surface area contributed by atoms with Gasteiger partial charge in [0.15, 0.2) is 0 Å². The summed E-state index contributed by atoms with van der Waals surface area (Å²) in [7, 11) is 0. The van der Waals surface area contributed by atoms with Gasteiger partial charge >= 0.3 is 0 Å². The zero-order valence-corrected chi connectivity index (χ0v) is 12.5. The van der Waals surface area contributed by atoms with Gasteiger partial charge in [-0.15, -0.1) is 0 Å². The Hall–Kier alpha value is -1.35. The van der Waals surface area contributed by atoms with Gasteiger partial charge in [0, 0.05) is 12.1 Å². The van der Waals surface area contributed by atoms with E-state index in [2.05, 4.69) is 36.6 Å². The molecular formula is C16H26N2O. The molecule has 0 aromatic heterocycles. The summed E-state index contributed by atoms with van der Waals surface area (Å²) in [4.78, 5) is 11.7. The molecule has 0 unspecified atom stereocenters. The molecule has 0 radical (unpaired) electrons. The molecule has 3 heteroatoms. The van der Waals surface area contributed by atoms with E-state index in [0.717, 1.165) is 18.5 Å². The topological polar surface area (TPSA) is 41.1 Å². The SMILES string of the molecule is CC(C)NCCc1cccc(CC(=O)NC(C)C)c1. The molecule has 1 aromatic carbocycles. The minimum atomic E-state index is 0.0902. The number of amides is 1. The fourth-order valence-electron chi connectivity index (χ4n) is 1.96. The van der Waals surface area contributed by atoms with Crippen LogP contribution in [0.4, 0.5) is 0 Å². The Labute approximate surface area is 116 Å². The lowest BCUT2D eigenvalue weighted by Crippen LogP contribution is -2.31. The molecule has 1 aromatic rings. The van der Waals surface area contributed by atoms with Crippen molar-refractivity contribution in [1.82, 2.24) is 10.6 Å². The van der Waals surface area contributed by atoms with Crippen LogP contribution in [0.2, 0.25) is 0 Å².